The van der Waals surface area contributed by atoms with E-state index in [-0.39, 0.29) is 5.69 Å². The summed E-state index contributed by atoms with van der Waals surface area (Å²) in [6.07, 6.45) is -4.83. The number of halogens is 3. The summed E-state index contributed by atoms with van der Waals surface area (Å²) in [5.41, 5.74) is 5.16. The summed E-state index contributed by atoms with van der Waals surface area (Å²) in [5, 5.41) is 2.35. The SMILES string of the molecule is CC(C)(C)[C@H](N)C(=O)Nc1ccccc1OC(F)(F)F. The molecule has 0 fully saturated rings. The quantitative estimate of drug-likeness (QED) is 0.899. The zero-order valence-electron chi connectivity index (χ0n) is 11.4. The zero-order valence-corrected chi connectivity index (χ0v) is 11.4. The van der Waals surface area contributed by atoms with E-state index in [1.807, 2.05) is 0 Å². The lowest BCUT2D eigenvalue weighted by Crippen LogP contribution is -2.45. The summed E-state index contributed by atoms with van der Waals surface area (Å²) in [5.74, 6) is -1.05. The summed E-state index contributed by atoms with van der Waals surface area (Å²) < 4.78 is 40.6. The highest BCUT2D eigenvalue weighted by atomic mass is 19.4. The Kier molecular flexibility index (Phi) is 4.65. The molecule has 0 aromatic heterocycles. The Balaban J connectivity index is 2.91. The first-order valence-corrected chi connectivity index (χ1v) is 5.92. The Labute approximate surface area is 115 Å². The van der Waals surface area contributed by atoms with E-state index in [1.54, 1.807) is 20.8 Å². The first-order valence-electron chi connectivity index (χ1n) is 5.92. The van der Waals surface area contributed by atoms with Crippen LogP contribution < -0.4 is 15.8 Å². The van der Waals surface area contributed by atoms with Crippen LogP contribution in [0.4, 0.5) is 18.9 Å². The summed E-state index contributed by atoms with van der Waals surface area (Å²) in [6.45, 7) is 5.28. The molecule has 0 aliphatic rings. The number of carbonyl (C=O) groups is 1. The highest BCUT2D eigenvalue weighted by Gasteiger charge is 2.33. The summed E-state index contributed by atoms with van der Waals surface area (Å²) in [4.78, 5) is 11.9. The van der Waals surface area contributed by atoms with Gasteiger partial charge in [0.1, 0.15) is 0 Å². The topological polar surface area (TPSA) is 64.4 Å². The van der Waals surface area contributed by atoms with E-state index in [9.17, 15) is 18.0 Å². The van der Waals surface area contributed by atoms with Gasteiger partial charge in [0.25, 0.3) is 0 Å². The van der Waals surface area contributed by atoms with Crippen molar-refractivity contribution in [2.24, 2.45) is 11.1 Å². The second-order valence-electron chi connectivity index (χ2n) is 5.38. The molecule has 1 aromatic carbocycles. The third-order valence-corrected chi connectivity index (χ3v) is 2.59. The second-order valence-corrected chi connectivity index (χ2v) is 5.38. The molecule has 3 N–H and O–H groups in total. The lowest BCUT2D eigenvalue weighted by molar-refractivity contribution is -0.274. The maximum atomic E-state index is 12.2. The van der Waals surface area contributed by atoms with Gasteiger partial charge in [0.15, 0.2) is 5.75 Å². The molecular formula is C13H17F3N2O2. The molecule has 4 nitrogen and oxygen atoms in total. The lowest BCUT2D eigenvalue weighted by Gasteiger charge is -2.26. The molecule has 7 heteroatoms. The Morgan fingerprint density at radius 2 is 1.80 bits per heavy atom. The van der Waals surface area contributed by atoms with Gasteiger partial charge in [-0.1, -0.05) is 32.9 Å². The van der Waals surface area contributed by atoms with Crippen LogP contribution in [-0.4, -0.2) is 18.3 Å². The smallest absolute Gasteiger partial charge is 0.404 e. The van der Waals surface area contributed by atoms with Gasteiger partial charge in [-0.2, -0.15) is 0 Å². The van der Waals surface area contributed by atoms with Gasteiger partial charge < -0.3 is 15.8 Å². The Morgan fingerprint density at radius 3 is 2.30 bits per heavy atom. The van der Waals surface area contributed by atoms with E-state index in [1.165, 1.54) is 18.2 Å². The highest BCUT2D eigenvalue weighted by Crippen LogP contribution is 2.30. The highest BCUT2D eigenvalue weighted by molar-refractivity contribution is 5.96. The average molecular weight is 290 g/mol. The molecule has 1 amide bonds. The van der Waals surface area contributed by atoms with Crippen LogP contribution in [0.1, 0.15) is 20.8 Å². The number of rotatable bonds is 3. The van der Waals surface area contributed by atoms with Crippen molar-refractivity contribution < 1.29 is 22.7 Å². The van der Waals surface area contributed by atoms with Gasteiger partial charge in [-0.05, 0) is 17.5 Å². The minimum Gasteiger partial charge on any atom is -0.404 e. The van der Waals surface area contributed by atoms with Gasteiger partial charge in [0, 0.05) is 0 Å². The molecule has 1 aromatic rings. The standard InChI is InChI=1S/C13H17F3N2O2/c1-12(2,3)10(17)11(19)18-8-6-4-5-7-9(8)20-13(14,15)16/h4-7,10H,17H2,1-3H3,(H,18,19)/t10-/m1/s1. The summed E-state index contributed by atoms with van der Waals surface area (Å²) in [6, 6.07) is 4.43. The monoisotopic (exact) mass is 290 g/mol. The third-order valence-electron chi connectivity index (χ3n) is 2.59. The lowest BCUT2D eigenvalue weighted by atomic mass is 9.87. The van der Waals surface area contributed by atoms with E-state index in [4.69, 9.17) is 5.73 Å². The number of para-hydroxylation sites is 2. The van der Waals surface area contributed by atoms with Crippen molar-refractivity contribution in [1.29, 1.82) is 0 Å². The molecule has 0 bridgehead atoms. The maximum Gasteiger partial charge on any atom is 0.573 e. The number of nitrogens with two attached hydrogens (primary N) is 1. The van der Waals surface area contributed by atoms with Gasteiger partial charge in [0.05, 0.1) is 11.7 Å². The fraction of sp³-hybridized carbons (Fsp3) is 0.462. The van der Waals surface area contributed by atoms with Gasteiger partial charge in [-0.3, -0.25) is 4.79 Å². The van der Waals surface area contributed by atoms with Gasteiger partial charge in [-0.15, -0.1) is 13.2 Å². The first-order chi connectivity index (χ1) is 9.00. The molecule has 0 aliphatic carbocycles. The predicted molar refractivity (Wildman–Crippen MR) is 69.2 cm³/mol. The molecule has 0 spiro atoms. The van der Waals surface area contributed by atoms with Crippen molar-refractivity contribution in [3.05, 3.63) is 24.3 Å². The molecule has 0 saturated carbocycles. The number of hydrogen-bond acceptors (Lipinski definition) is 3. The van der Waals surface area contributed by atoms with Crippen LogP contribution in [0.2, 0.25) is 0 Å². The number of benzene rings is 1. The van der Waals surface area contributed by atoms with Crippen LogP contribution in [0.5, 0.6) is 5.75 Å². The molecule has 112 valence electrons. The van der Waals surface area contributed by atoms with E-state index in [2.05, 4.69) is 10.1 Å². The molecule has 0 radical (unpaired) electrons. The molecular weight excluding hydrogens is 273 g/mol. The minimum atomic E-state index is -4.83. The number of anilines is 1. The van der Waals surface area contributed by atoms with Gasteiger partial charge in [-0.25, -0.2) is 0 Å². The fourth-order valence-corrected chi connectivity index (χ4v) is 1.39. The first kappa shape index (κ1) is 16.3. The number of ether oxygens (including phenoxy) is 1. The Morgan fingerprint density at radius 1 is 1.25 bits per heavy atom. The number of alkyl halides is 3. The number of nitrogens with one attached hydrogen (secondary N) is 1. The van der Waals surface area contributed by atoms with Gasteiger partial charge >= 0.3 is 6.36 Å². The predicted octanol–water partition coefficient (Wildman–Crippen LogP) is 2.90. The van der Waals surface area contributed by atoms with Crippen LogP contribution >= 0.6 is 0 Å². The van der Waals surface area contributed by atoms with Crippen molar-refractivity contribution in [2.75, 3.05) is 5.32 Å². The van der Waals surface area contributed by atoms with Crippen molar-refractivity contribution in [3.8, 4) is 5.75 Å². The fourth-order valence-electron chi connectivity index (χ4n) is 1.39. The van der Waals surface area contributed by atoms with Crippen molar-refractivity contribution >= 4 is 11.6 Å². The largest absolute Gasteiger partial charge is 0.573 e. The molecule has 0 heterocycles. The van der Waals surface area contributed by atoms with E-state index in [0.717, 1.165) is 6.07 Å². The van der Waals surface area contributed by atoms with E-state index < -0.39 is 29.5 Å². The molecule has 0 aliphatic heterocycles. The van der Waals surface area contributed by atoms with Crippen LogP contribution in [0.3, 0.4) is 0 Å². The minimum absolute atomic E-state index is 0.0745. The van der Waals surface area contributed by atoms with Crippen LogP contribution in [0.15, 0.2) is 24.3 Å². The number of amides is 1. The normalized spacial score (nSPS) is 13.8. The average Bonchev–Trinajstić information content (AvgIpc) is 2.27. The van der Waals surface area contributed by atoms with Crippen LogP contribution in [0.25, 0.3) is 0 Å². The molecule has 1 rings (SSSR count). The van der Waals surface area contributed by atoms with Crippen LogP contribution in [0, 0.1) is 5.41 Å². The summed E-state index contributed by atoms with van der Waals surface area (Å²) in [7, 11) is 0. The van der Waals surface area contributed by atoms with Crippen molar-refractivity contribution in [1.82, 2.24) is 0 Å². The number of carbonyl (C=O) groups excluding carboxylic acids is 1. The maximum absolute atomic E-state index is 12.2. The van der Waals surface area contributed by atoms with E-state index >= 15 is 0 Å². The van der Waals surface area contributed by atoms with Crippen molar-refractivity contribution in [2.45, 2.75) is 33.2 Å². The molecule has 1 atom stereocenters. The zero-order chi connectivity index (χ0) is 15.6. The molecule has 0 unspecified atom stereocenters. The molecule has 0 saturated heterocycles. The van der Waals surface area contributed by atoms with Gasteiger partial charge in [0.2, 0.25) is 5.91 Å². The Bertz CT molecular complexity index is 481. The number of hydrogen-bond donors (Lipinski definition) is 2. The van der Waals surface area contributed by atoms with Crippen molar-refractivity contribution in [3.63, 3.8) is 0 Å². The van der Waals surface area contributed by atoms with Crippen LogP contribution in [-0.2, 0) is 4.79 Å². The molecule has 20 heavy (non-hydrogen) atoms. The third kappa shape index (κ3) is 4.73. The Hall–Kier alpha value is -1.76. The summed E-state index contributed by atoms with van der Waals surface area (Å²) >= 11 is 0. The van der Waals surface area contributed by atoms with E-state index in [0.29, 0.717) is 0 Å². The second kappa shape index (κ2) is 5.70.